The van der Waals surface area contributed by atoms with Crippen molar-refractivity contribution < 1.29 is 4.79 Å². The van der Waals surface area contributed by atoms with Gasteiger partial charge in [-0.05, 0) is 17.0 Å². The summed E-state index contributed by atoms with van der Waals surface area (Å²) in [5.74, 6) is 0.383. The second-order valence-electron chi connectivity index (χ2n) is 6.69. The molecule has 0 aliphatic carbocycles. The van der Waals surface area contributed by atoms with E-state index in [1.807, 2.05) is 20.8 Å². The number of nitrogens with zero attached hydrogens (tertiary/aromatic N) is 2. The zero-order valence-electron chi connectivity index (χ0n) is 11.9. The van der Waals surface area contributed by atoms with Crippen LogP contribution < -0.4 is 0 Å². The van der Waals surface area contributed by atoms with Crippen LogP contribution in [0.4, 0.5) is 0 Å². The molecular weight excluding hydrogens is 248 g/mol. The fraction of sp³-hybridized carbons (Fsp3) is 0.643. The summed E-state index contributed by atoms with van der Waals surface area (Å²) in [5.41, 5.74) is 0.433. The van der Waals surface area contributed by atoms with E-state index in [1.165, 1.54) is 0 Å². The lowest BCUT2D eigenvalue weighted by molar-refractivity contribution is -0.115. The molecule has 100 valence electrons. The van der Waals surface area contributed by atoms with Gasteiger partial charge in [0.1, 0.15) is 5.82 Å². The Kier molecular flexibility index (Phi) is 4.16. The first-order valence-electron chi connectivity index (χ1n) is 6.05. The van der Waals surface area contributed by atoms with Gasteiger partial charge < -0.3 is 0 Å². The van der Waals surface area contributed by atoms with E-state index < -0.39 is 0 Å². The second-order valence-corrected chi connectivity index (χ2v) is 7.07. The van der Waals surface area contributed by atoms with Gasteiger partial charge in [-0.25, -0.2) is 9.97 Å². The molecule has 0 radical (unpaired) electrons. The van der Waals surface area contributed by atoms with Crippen molar-refractivity contribution in [3.8, 4) is 0 Å². The van der Waals surface area contributed by atoms with E-state index in [1.54, 1.807) is 12.4 Å². The smallest absolute Gasteiger partial charge is 0.229 e. The minimum absolute atomic E-state index is 0.0965. The fourth-order valence-corrected chi connectivity index (χ4v) is 2.30. The average Bonchev–Trinajstić information content (AvgIpc) is 2.13. The summed E-state index contributed by atoms with van der Waals surface area (Å²) in [4.78, 5) is 20.3. The highest BCUT2D eigenvalue weighted by molar-refractivity contribution is 6.64. The Morgan fingerprint density at radius 1 is 1.11 bits per heavy atom. The van der Waals surface area contributed by atoms with Crippen molar-refractivity contribution in [2.24, 2.45) is 5.41 Å². The van der Waals surface area contributed by atoms with Crippen LogP contribution in [0.3, 0.4) is 0 Å². The highest BCUT2D eigenvalue weighted by Crippen LogP contribution is 2.36. The molecule has 0 N–H and O–H groups in total. The summed E-state index contributed by atoms with van der Waals surface area (Å²) in [5, 5.41) is -0.366. The standard InChI is InChI=1S/C14H21ClN2O/c1-13(2,3)10(11(15)18)9-7-16-12(17-8-9)14(4,5)6/h7-8,10H,1-6H3. The summed E-state index contributed by atoms with van der Waals surface area (Å²) in [6, 6.07) is 0. The monoisotopic (exact) mass is 268 g/mol. The average molecular weight is 269 g/mol. The van der Waals surface area contributed by atoms with Gasteiger partial charge in [0.05, 0.1) is 5.92 Å². The molecule has 0 fully saturated rings. The third-order valence-electron chi connectivity index (χ3n) is 2.77. The lowest BCUT2D eigenvalue weighted by Crippen LogP contribution is -2.25. The molecule has 0 saturated carbocycles. The van der Waals surface area contributed by atoms with Gasteiger partial charge in [0.25, 0.3) is 0 Å². The predicted molar refractivity (Wildman–Crippen MR) is 73.8 cm³/mol. The summed E-state index contributed by atoms with van der Waals surface area (Å²) in [7, 11) is 0. The lowest BCUT2D eigenvalue weighted by atomic mass is 9.78. The van der Waals surface area contributed by atoms with Gasteiger partial charge in [0, 0.05) is 23.4 Å². The molecule has 3 nitrogen and oxygen atoms in total. The van der Waals surface area contributed by atoms with Crippen LogP contribution in [0.2, 0.25) is 0 Å². The Balaban J connectivity index is 3.14. The van der Waals surface area contributed by atoms with Gasteiger partial charge in [0.15, 0.2) is 0 Å². The first-order valence-corrected chi connectivity index (χ1v) is 6.43. The molecule has 18 heavy (non-hydrogen) atoms. The number of rotatable bonds is 2. The highest BCUT2D eigenvalue weighted by atomic mass is 35.5. The third-order valence-corrected chi connectivity index (χ3v) is 2.99. The Morgan fingerprint density at radius 2 is 1.56 bits per heavy atom. The van der Waals surface area contributed by atoms with Crippen LogP contribution in [-0.2, 0) is 10.2 Å². The topological polar surface area (TPSA) is 42.9 Å². The zero-order chi connectivity index (χ0) is 14.1. The molecule has 1 unspecified atom stereocenters. The fourth-order valence-electron chi connectivity index (χ4n) is 1.85. The summed E-state index contributed by atoms with van der Waals surface area (Å²) >= 11 is 5.70. The molecule has 1 aromatic heterocycles. The van der Waals surface area contributed by atoms with Crippen molar-refractivity contribution in [1.29, 1.82) is 0 Å². The Hall–Kier alpha value is -0.960. The maximum atomic E-state index is 11.6. The quantitative estimate of drug-likeness (QED) is 0.769. The summed E-state index contributed by atoms with van der Waals surface area (Å²) in [6.45, 7) is 12.1. The maximum Gasteiger partial charge on any atom is 0.229 e. The number of carbonyl (C=O) groups is 1. The Bertz CT molecular complexity index is 427. The molecule has 0 amide bonds. The van der Waals surface area contributed by atoms with Crippen LogP contribution in [0.15, 0.2) is 12.4 Å². The van der Waals surface area contributed by atoms with Crippen molar-refractivity contribution in [2.45, 2.75) is 52.9 Å². The second kappa shape index (κ2) is 4.96. The van der Waals surface area contributed by atoms with Gasteiger partial charge >= 0.3 is 0 Å². The summed E-state index contributed by atoms with van der Waals surface area (Å²) in [6.07, 6.45) is 3.42. The van der Waals surface area contributed by atoms with E-state index in [0.29, 0.717) is 0 Å². The highest BCUT2D eigenvalue weighted by Gasteiger charge is 2.32. The minimum Gasteiger partial charge on any atom is -0.281 e. The van der Waals surface area contributed by atoms with Crippen molar-refractivity contribution in [2.75, 3.05) is 0 Å². The lowest BCUT2D eigenvalue weighted by Gasteiger charge is -2.27. The summed E-state index contributed by atoms with van der Waals surface area (Å²) < 4.78 is 0. The molecule has 0 aliphatic rings. The van der Waals surface area contributed by atoms with E-state index in [-0.39, 0.29) is 22.0 Å². The van der Waals surface area contributed by atoms with Crippen LogP contribution >= 0.6 is 11.6 Å². The number of carbonyl (C=O) groups excluding carboxylic acids is 1. The van der Waals surface area contributed by atoms with Crippen LogP contribution in [0.5, 0.6) is 0 Å². The van der Waals surface area contributed by atoms with Crippen LogP contribution in [0.25, 0.3) is 0 Å². The number of halogens is 1. The molecule has 1 atom stereocenters. The molecule has 0 aromatic carbocycles. The van der Waals surface area contributed by atoms with E-state index >= 15 is 0 Å². The SMILES string of the molecule is CC(C)(C)c1ncc(C(C(=O)Cl)C(C)(C)C)cn1. The van der Waals surface area contributed by atoms with Crippen molar-refractivity contribution in [1.82, 2.24) is 9.97 Å². The normalized spacial score (nSPS) is 14.4. The van der Waals surface area contributed by atoms with Crippen molar-refractivity contribution in [3.63, 3.8) is 0 Å². The zero-order valence-corrected chi connectivity index (χ0v) is 12.7. The number of aromatic nitrogens is 2. The molecule has 0 spiro atoms. The van der Waals surface area contributed by atoms with Gasteiger partial charge in [-0.15, -0.1) is 0 Å². The molecule has 0 aliphatic heterocycles. The van der Waals surface area contributed by atoms with Gasteiger partial charge in [-0.2, -0.15) is 0 Å². The molecule has 0 saturated heterocycles. The van der Waals surface area contributed by atoms with E-state index in [4.69, 9.17) is 11.6 Å². The van der Waals surface area contributed by atoms with E-state index in [0.717, 1.165) is 11.4 Å². The van der Waals surface area contributed by atoms with Crippen molar-refractivity contribution in [3.05, 3.63) is 23.8 Å². The molecule has 0 bridgehead atoms. The van der Waals surface area contributed by atoms with Crippen LogP contribution in [0, 0.1) is 5.41 Å². The van der Waals surface area contributed by atoms with Crippen LogP contribution in [-0.4, -0.2) is 15.2 Å². The molecule has 4 heteroatoms. The van der Waals surface area contributed by atoms with Crippen molar-refractivity contribution >= 4 is 16.8 Å². The largest absolute Gasteiger partial charge is 0.281 e. The van der Waals surface area contributed by atoms with Gasteiger partial charge in [-0.3, -0.25) is 4.79 Å². The first-order chi connectivity index (χ1) is 8.03. The van der Waals surface area contributed by atoms with E-state index in [2.05, 4.69) is 30.7 Å². The predicted octanol–water partition coefficient (Wildman–Crippen LogP) is 3.67. The Labute approximate surface area is 114 Å². The number of hydrogen-bond acceptors (Lipinski definition) is 3. The van der Waals surface area contributed by atoms with Crippen LogP contribution in [0.1, 0.15) is 58.8 Å². The Morgan fingerprint density at radius 3 is 1.83 bits per heavy atom. The maximum absolute atomic E-state index is 11.6. The molecule has 1 rings (SSSR count). The van der Waals surface area contributed by atoms with Gasteiger partial charge in [0.2, 0.25) is 5.24 Å². The third kappa shape index (κ3) is 3.52. The van der Waals surface area contributed by atoms with E-state index in [9.17, 15) is 4.79 Å². The van der Waals surface area contributed by atoms with Gasteiger partial charge in [-0.1, -0.05) is 41.5 Å². The first kappa shape index (κ1) is 15.1. The minimum atomic E-state index is -0.381. The molecular formula is C14H21ClN2O. The number of hydrogen-bond donors (Lipinski definition) is 0. The molecule has 1 aromatic rings. The molecule has 1 heterocycles.